The molecule has 0 radical (unpaired) electrons. The zero-order valence-corrected chi connectivity index (χ0v) is 12.1. The van der Waals surface area contributed by atoms with E-state index in [0.29, 0.717) is 12.5 Å². The molecule has 2 aliphatic rings. The first-order valence-electron chi connectivity index (χ1n) is 7.60. The Morgan fingerprint density at radius 2 is 1.95 bits per heavy atom. The minimum absolute atomic E-state index is 0.316. The summed E-state index contributed by atoms with van der Waals surface area (Å²) in [6.07, 6.45) is 7.98. The molecule has 4 unspecified atom stereocenters. The van der Waals surface area contributed by atoms with Gasteiger partial charge in [-0.15, -0.1) is 0 Å². The Morgan fingerprint density at radius 3 is 2.53 bits per heavy atom. The molecule has 0 spiro atoms. The van der Waals surface area contributed by atoms with Gasteiger partial charge in [-0.25, -0.2) is 0 Å². The molecule has 104 valence electrons. The third-order valence-electron chi connectivity index (χ3n) is 5.22. The van der Waals surface area contributed by atoms with E-state index in [1.165, 1.54) is 37.7 Å². The molecule has 0 saturated heterocycles. The minimum atomic E-state index is 0.316. The van der Waals surface area contributed by atoms with Crippen LogP contribution in [0.1, 0.15) is 37.7 Å². The molecule has 0 aromatic heterocycles. The molecule has 2 saturated carbocycles. The maximum Gasteiger partial charge on any atom is 0.0462 e. The van der Waals surface area contributed by atoms with Crippen molar-refractivity contribution in [2.24, 2.45) is 23.7 Å². The van der Waals surface area contributed by atoms with Crippen molar-refractivity contribution in [3.63, 3.8) is 0 Å². The van der Waals surface area contributed by atoms with Crippen molar-refractivity contribution in [1.82, 2.24) is 0 Å². The smallest absolute Gasteiger partial charge is 0.0462 e. The molecule has 0 aliphatic heterocycles. The summed E-state index contributed by atoms with van der Waals surface area (Å²) >= 11 is 5.91. The predicted octanol–water partition coefficient (Wildman–Crippen LogP) is 4.32. The average Bonchev–Trinajstić information content (AvgIpc) is 3.03. The zero-order valence-electron chi connectivity index (χ0n) is 11.4. The number of halogens is 1. The molecule has 2 aliphatic carbocycles. The molecule has 1 aromatic rings. The molecular formula is C17H23ClO. The Hall–Kier alpha value is -0.530. The summed E-state index contributed by atoms with van der Waals surface area (Å²) in [4.78, 5) is 0. The van der Waals surface area contributed by atoms with Gasteiger partial charge in [-0.2, -0.15) is 0 Å². The summed E-state index contributed by atoms with van der Waals surface area (Å²) in [6.45, 7) is 0.316. The van der Waals surface area contributed by atoms with E-state index in [4.69, 9.17) is 11.6 Å². The van der Waals surface area contributed by atoms with E-state index in [2.05, 4.69) is 12.1 Å². The fourth-order valence-corrected chi connectivity index (χ4v) is 4.40. The highest BCUT2D eigenvalue weighted by molar-refractivity contribution is 6.30. The number of aliphatic hydroxyl groups excluding tert-OH is 1. The zero-order chi connectivity index (χ0) is 13.2. The van der Waals surface area contributed by atoms with Gasteiger partial charge in [-0.3, -0.25) is 0 Å². The quantitative estimate of drug-likeness (QED) is 0.851. The van der Waals surface area contributed by atoms with Crippen LogP contribution in [0.4, 0.5) is 0 Å². The van der Waals surface area contributed by atoms with E-state index in [-0.39, 0.29) is 0 Å². The Balaban J connectivity index is 1.57. The van der Waals surface area contributed by atoms with Gasteiger partial charge in [0.25, 0.3) is 0 Å². The predicted molar refractivity (Wildman–Crippen MR) is 79.3 cm³/mol. The fourth-order valence-electron chi connectivity index (χ4n) is 4.27. The molecule has 4 atom stereocenters. The van der Waals surface area contributed by atoms with Crippen LogP contribution in [0.15, 0.2) is 24.3 Å². The fraction of sp³-hybridized carbons (Fsp3) is 0.647. The lowest BCUT2D eigenvalue weighted by Gasteiger charge is -2.25. The molecule has 1 aromatic carbocycles. The van der Waals surface area contributed by atoms with Crippen LogP contribution in [-0.4, -0.2) is 11.7 Å². The highest BCUT2D eigenvalue weighted by atomic mass is 35.5. The van der Waals surface area contributed by atoms with E-state index in [1.54, 1.807) is 0 Å². The lowest BCUT2D eigenvalue weighted by molar-refractivity contribution is 0.178. The first kappa shape index (κ1) is 13.5. The largest absolute Gasteiger partial charge is 0.396 e. The van der Waals surface area contributed by atoms with Crippen LogP contribution >= 0.6 is 11.6 Å². The maximum absolute atomic E-state index is 9.65. The molecule has 3 rings (SSSR count). The lowest BCUT2D eigenvalue weighted by atomic mass is 9.81. The van der Waals surface area contributed by atoms with Crippen LogP contribution in [0.25, 0.3) is 0 Å². The summed E-state index contributed by atoms with van der Waals surface area (Å²) in [6, 6.07) is 8.07. The van der Waals surface area contributed by atoms with Crippen molar-refractivity contribution in [3.8, 4) is 0 Å². The number of hydrogen-bond donors (Lipinski definition) is 1. The topological polar surface area (TPSA) is 20.2 Å². The second kappa shape index (κ2) is 5.85. The molecule has 1 nitrogen and oxygen atoms in total. The van der Waals surface area contributed by atoms with Crippen molar-refractivity contribution in [2.45, 2.75) is 38.5 Å². The van der Waals surface area contributed by atoms with Gasteiger partial charge in [0.15, 0.2) is 0 Å². The number of rotatable bonds is 5. The van der Waals surface area contributed by atoms with Crippen LogP contribution in [0.3, 0.4) is 0 Å². The number of benzene rings is 1. The summed E-state index contributed by atoms with van der Waals surface area (Å²) in [5.41, 5.74) is 1.30. The Kier molecular flexibility index (Phi) is 4.14. The molecule has 2 bridgehead atoms. The second-order valence-electron chi connectivity index (χ2n) is 6.55. The van der Waals surface area contributed by atoms with Crippen molar-refractivity contribution in [3.05, 3.63) is 34.9 Å². The first-order valence-corrected chi connectivity index (χ1v) is 7.97. The summed E-state index contributed by atoms with van der Waals surface area (Å²) in [5, 5.41) is 10.4. The van der Waals surface area contributed by atoms with E-state index in [0.717, 1.165) is 29.2 Å². The third-order valence-corrected chi connectivity index (χ3v) is 5.47. The maximum atomic E-state index is 9.65. The van der Waals surface area contributed by atoms with E-state index in [9.17, 15) is 5.11 Å². The van der Waals surface area contributed by atoms with Gasteiger partial charge in [0, 0.05) is 11.6 Å². The lowest BCUT2D eigenvalue weighted by Crippen LogP contribution is -2.19. The Morgan fingerprint density at radius 1 is 1.16 bits per heavy atom. The monoisotopic (exact) mass is 278 g/mol. The second-order valence-corrected chi connectivity index (χ2v) is 6.99. The molecule has 0 amide bonds. The van der Waals surface area contributed by atoms with Crippen LogP contribution < -0.4 is 0 Å². The molecule has 0 heterocycles. The molecular weight excluding hydrogens is 256 g/mol. The van der Waals surface area contributed by atoms with Crippen LogP contribution in [0.5, 0.6) is 0 Å². The van der Waals surface area contributed by atoms with Gasteiger partial charge >= 0.3 is 0 Å². The van der Waals surface area contributed by atoms with Gasteiger partial charge in [-0.05, 0) is 73.5 Å². The van der Waals surface area contributed by atoms with Gasteiger partial charge in [-0.1, -0.05) is 30.2 Å². The van der Waals surface area contributed by atoms with Gasteiger partial charge in [0.05, 0.1) is 0 Å². The molecule has 19 heavy (non-hydrogen) atoms. The van der Waals surface area contributed by atoms with E-state index < -0.39 is 0 Å². The minimum Gasteiger partial charge on any atom is -0.396 e. The Labute approximate surface area is 121 Å². The van der Waals surface area contributed by atoms with Crippen LogP contribution in [-0.2, 0) is 6.42 Å². The number of fused-ring (bicyclic) bond motifs is 2. The Bertz CT molecular complexity index is 414. The molecule has 2 heteroatoms. The highest BCUT2D eigenvalue weighted by Gasteiger charge is 2.39. The number of hydrogen-bond acceptors (Lipinski definition) is 1. The first-order chi connectivity index (χ1) is 9.24. The molecule has 2 fully saturated rings. The SMILES string of the molecule is OCC(Cc1ccc(Cl)cc1)CC1CC2CCC1C2. The highest BCUT2D eigenvalue weighted by Crippen LogP contribution is 2.50. The summed E-state index contributed by atoms with van der Waals surface area (Å²) in [7, 11) is 0. The molecule has 1 N–H and O–H groups in total. The van der Waals surface area contributed by atoms with Gasteiger partial charge in [0.1, 0.15) is 0 Å². The van der Waals surface area contributed by atoms with Crippen molar-refractivity contribution >= 4 is 11.6 Å². The van der Waals surface area contributed by atoms with Crippen molar-refractivity contribution in [2.75, 3.05) is 6.61 Å². The van der Waals surface area contributed by atoms with Crippen molar-refractivity contribution in [1.29, 1.82) is 0 Å². The van der Waals surface area contributed by atoms with Gasteiger partial charge in [0.2, 0.25) is 0 Å². The number of aliphatic hydroxyl groups is 1. The summed E-state index contributed by atoms with van der Waals surface area (Å²) < 4.78 is 0. The van der Waals surface area contributed by atoms with Crippen LogP contribution in [0.2, 0.25) is 5.02 Å². The third kappa shape index (κ3) is 3.14. The standard InChI is InChI=1S/C17H23ClO/c18-17-5-2-12(3-6-17)7-14(11-19)10-16-9-13-1-4-15(16)8-13/h2-3,5-6,13-16,19H,1,4,7-11H2. The summed E-state index contributed by atoms with van der Waals surface area (Å²) in [5.74, 6) is 3.27. The average molecular weight is 279 g/mol. The normalized spacial score (nSPS) is 30.7. The van der Waals surface area contributed by atoms with Crippen LogP contribution in [0, 0.1) is 23.7 Å². The van der Waals surface area contributed by atoms with E-state index >= 15 is 0 Å². The van der Waals surface area contributed by atoms with Gasteiger partial charge < -0.3 is 5.11 Å². The van der Waals surface area contributed by atoms with Crippen molar-refractivity contribution < 1.29 is 5.11 Å². The van der Waals surface area contributed by atoms with E-state index in [1.807, 2.05) is 12.1 Å².